The van der Waals surface area contributed by atoms with Crippen LogP contribution in [0.15, 0.2) is 47.4 Å². The molecule has 0 saturated carbocycles. The van der Waals surface area contributed by atoms with Crippen molar-refractivity contribution in [1.29, 1.82) is 0 Å². The van der Waals surface area contributed by atoms with Crippen LogP contribution in [0.25, 0.3) is 0 Å². The van der Waals surface area contributed by atoms with Crippen molar-refractivity contribution in [3.8, 4) is 0 Å². The van der Waals surface area contributed by atoms with Crippen LogP contribution >= 0.6 is 11.8 Å². The van der Waals surface area contributed by atoms with Crippen molar-refractivity contribution in [2.45, 2.75) is 24.5 Å². The molecule has 0 heterocycles. The quantitative estimate of drug-likeness (QED) is 0.784. The third-order valence-corrected chi connectivity index (χ3v) is 6.66. The third-order valence-electron chi connectivity index (χ3n) is 3.85. The molecule has 0 fully saturated rings. The SMILES string of the molecule is Cc1cccc(CSCC(=O)Nc2cc(S(=O)(=O)N(C)C)ccc2C)c1. The standard InChI is InChI=1S/C19H24N2O3S2/c1-14-6-5-7-16(10-14)12-25-13-19(22)20-18-11-17(9-8-15(18)2)26(23,24)21(3)4/h5-11H,12-13H2,1-4H3,(H,20,22). The maximum Gasteiger partial charge on any atom is 0.242 e. The molecule has 5 nitrogen and oxygen atoms in total. The highest BCUT2D eigenvalue weighted by Crippen LogP contribution is 2.22. The van der Waals surface area contributed by atoms with Crippen molar-refractivity contribution in [3.63, 3.8) is 0 Å². The molecule has 2 aromatic carbocycles. The van der Waals surface area contributed by atoms with E-state index in [9.17, 15) is 13.2 Å². The first kappa shape index (κ1) is 20.5. The summed E-state index contributed by atoms with van der Waals surface area (Å²) in [6.07, 6.45) is 0. The Labute approximate surface area is 159 Å². The minimum absolute atomic E-state index is 0.148. The topological polar surface area (TPSA) is 66.5 Å². The van der Waals surface area contributed by atoms with Crippen LogP contribution < -0.4 is 5.32 Å². The predicted octanol–water partition coefficient (Wildman–Crippen LogP) is 3.43. The molecule has 26 heavy (non-hydrogen) atoms. The van der Waals surface area contributed by atoms with Crippen LogP contribution in [0.1, 0.15) is 16.7 Å². The fourth-order valence-corrected chi connectivity index (χ4v) is 4.06. The molecule has 0 atom stereocenters. The molecule has 0 aliphatic rings. The number of thioether (sulfide) groups is 1. The lowest BCUT2D eigenvalue weighted by Gasteiger charge is -2.14. The number of rotatable bonds is 7. The molecule has 2 rings (SSSR count). The van der Waals surface area contributed by atoms with E-state index in [1.807, 2.05) is 32.0 Å². The minimum Gasteiger partial charge on any atom is -0.325 e. The Kier molecular flexibility index (Phi) is 6.86. The molecular formula is C19H24N2O3S2. The second kappa shape index (κ2) is 8.70. The van der Waals surface area contributed by atoms with Crippen LogP contribution in [0.4, 0.5) is 5.69 Å². The van der Waals surface area contributed by atoms with Gasteiger partial charge in [0.25, 0.3) is 0 Å². The molecule has 0 saturated heterocycles. The van der Waals surface area contributed by atoms with Gasteiger partial charge in [0.1, 0.15) is 0 Å². The summed E-state index contributed by atoms with van der Waals surface area (Å²) in [7, 11) is -0.569. The van der Waals surface area contributed by atoms with E-state index in [4.69, 9.17) is 0 Å². The molecule has 0 aliphatic carbocycles. The number of sulfonamides is 1. The second-order valence-corrected chi connectivity index (χ2v) is 9.43. The van der Waals surface area contributed by atoms with Gasteiger partial charge in [0.15, 0.2) is 0 Å². The zero-order valence-electron chi connectivity index (χ0n) is 15.4. The van der Waals surface area contributed by atoms with Gasteiger partial charge in [-0.1, -0.05) is 35.9 Å². The maximum absolute atomic E-state index is 12.2. The smallest absolute Gasteiger partial charge is 0.242 e. The number of hydrogen-bond acceptors (Lipinski definition) is 4. The van der Waals surface area contributed by atoms with Crippen LogP contribution in [0, 0.1) is 13.8 Å². The summed E-state index contributed by atoms with van der Waals surface area (Å²) in [5.41, 5.74) is 3.72. The predicted molar refractivity (Wildman–Crippen MR) is 108 cm³/mol. The fourth-order valence-electron chi connectivity index (χ4n) is 2.36. The number of carbonyl (C=O) groups excluding carboxylic acids is 1. The minimum atomic E-state index is -3.53. The second-order valence-electron chi connectivity index (χ2n) is 6.29. The van der Waals surface area contributed by atoms with Gasteiger partial charge in [0.05, 0.1) is 10.6 Å². The number of benzene rings is 2. The van der Waals surface area contributed by atoms with Gasteiger partial charge in [-0.25, -0.2) is 12.7 Å². The van der Waals surface area contributed by atoms with Crippen LogP contribution in [0.5, 0.6) is 0 Å². The molecule has 1 N–H and O–H groups in total. The zero-order chi connectivity index (χ0) is 19.3. The van der Waals surface area contributed by atoms with E-state index in [-0.39, 0.29) is 10.8 Å². The molecule has 0 bridgehead atoms. The zero-order valence-corrected chi connectivity index (χ0v) is 17.1. The van der Waals surface area contributed by atoms with Crippen molar-refractivity contribution < 1.29 is 13.2 Å². The van der Waals surface area contributed by atoms with Gasteiger partial charge in [-0.3, -0.25) is 4.79 Å². The summed E-state index contributed by atoms with van der Waals surface area (Å²) in [5.74, 6) is 0.909. The Morgan fingerprint density at radius 2 is 1.85 bits per heavy atom. The van der Waals surface area contributed by atoms with Crippen LogP contribution in [-0.2, 0) is 20.6 Å². The van der Waals surface area contributed by atoms with E-state index in [1.54, 1.807) is 12.1 Å². The number of hydrogen-bond donors (Lipinski definition) is 1. The van der Waals surface area contributed by atoms with Crippen molar-refractivity contribution in [2.75, 3.05) is 25.2 Å². The van der Waals surface area contributed by atoms with Gasteiger partial charge in [-0.2, -0.15) is 0 Å². The molecular weight excluding hydrogens is 368 g/mol. The number of anilines is 1. The average Bonchev–Trinajstić information content (AvgIpc) is 2.56. The lowest BCUT2D eigenvalue weighted by Crippen LogP contribution is -2.22. The van der Waals surface area contributed by atoms with Gasteiger partial charge < -0.3 is 5.32 Å². The number of aryl methyl sites for hydroxylation is 2. The van der Waals surface area contributed by atoms with Gasteiger partial charge in [-0.05, 0) is 37.1 Å². The van der Waals surface area contributed by atoms with E-state index < -0.39 is 10.0 Å². The monoisotopic (exact) mass is 392 g/mol. The molecule has 2 aromatic rings. The van der Waals surface area contributed by atoms with Gasteiger partial charge in [0, 0.05) is 25.5 Å². The summed E-state index contributed by atoms with van der Waals surface area (Å²) >= 11 is 1.52. The van der Waals surface area contributed by atoms with Gasteiger partial charge in [-0.15, -0.1) is 11.8 Å². The van der Waals surface area contributed by atoms with Crippen molar-refractivity contribution in [1.82, 2.24) is 4.31 Å². The van der Waals surface area contributed by atoms with E-state index in [1.165, 1.54) is 43.1 Å². The Morgan fingerprint density at radius 3 is 2.50 bits per heavy atom. The Morgan fingerprint density at radius 1 is 1.12 bits per heavy atom. The number of carbonyl (C=O) groups is 1. The fraction of sp³-hybridized carbons (Fsp3) is 0.316. The lowest BCUT2D eigenvalue weighted by molar-refractivity contribution is -0.113. The number of nitrogens with zero attached hydrogens (tertiary/aromatic N) is 1. The van der Waals surface area contributed by atoms with Crippen LogP contribution in [-0.4, -0.2) is 38.5 Å². The molecule has 140 valence electrons. The maximum atomic E-state index is 12.2. The Hall–Kier alpha value is -1.83. The first-order chi connectivity index (χ1) is 12.2. The molecule has 0 radical (unpaired) electrons. The van der Waals surface area contributed by atoms with E-state index in [0.717, 1.165) is 15.6 Å². The average molecular weight is 393 g/mol. The number of amides is 1. The third kappa shape index (κ3) is 5.33. The van der Waals surface area contributed by atoms with Crippen LogP contribution in [0.2, 0.25) is 0 Å². The lowest BCUT2D eigenvalue weighted by atomic mass is 10.2. The summed E-state index contributed by atoms with van der Waals surface area (Å²) in [5, 5.41) is 2.82. The molecule has 0 unspecified atom stereocenters. The number of nitrogens with one attached hydrogen (secondary N) is 1. The Balaban J connectivity index is 2.00. The Bertz CT molecular complexity index is 893. The molecule has 0 aromatic heterocycles. The molecule has 0 aliphatic heterocycles. The van der Waals surface area contributed by atoms with Gasteiger partial charge >= 0.3 is 0 Å². The first-order valence-electron chi connectivity index (χ1n) is 8.16. The summed E-state index contributed by atoms with van der Waals surface area (Å²) in [4.78, 5) is 12.4. The highest BCUT2D eigenvalue weighted by molar-refractivity contribution is 7.99. The van der Waals surface area contributed by atoms with Crippen molar-refractivity contribution >= 4 is 33.4 Å². The molecule has 1 amide bonds. The van der Waals surface area contributed by atoms with E-state index >= 15 is 0 Å². The highest BCUT2D eigenvalue weighted by Gasteiger charge is 2.18. The van der Waals surface area contributed by atoms with Crippen molar-refractivity contribution in [2.24, 2.45) is 0 Å². The van der Waals surface area contributed by atoms with Gasteiger partial charge in [0.2, 0.25) is 15.9 Å². The summed E-state index contributed by atoms with van der Waals surface area (Å²) < 4.78 is 25.6. The normalized spacial score (nSPS) is 11.6. The molecule has 7 heteroatoms. The van der Waals surface area contributed by atoms with E-state index in [2.05, 4.69) is 11.4 Å². The summed E-state index contributed by atoms with van der Waals surface area (Å²) in [6.45, 7) is 3.87. The largest absolute Gasteiger partial charge is 0.325 e. The van der Waals surface area contributed by atoms with Crippen molar-refractivity contribution in [3.05, 3.63) is 59.2 Å². The summed E-state index contributed by atoms with van der Waals surface area (Å²) in [6, 6.07) is 12.9. The molecule has 0 spiro atoms. The highest BCUT2D eigenvalue weighted by atomic mass is 32.2. The van der Waals surface area contributed by atoms with E-state index in [0.29, 0.717) is 11.4 Å². The first-order valence-corrected chi connectivity index (χ1v) is 10.8. The van der Waals surface area contributed by atoms with Crippen LogP contribution in [0.3, 0.4) is 0 Å².